The molecule has 1 heterocycles. The summed E-state index contributed by atoms with van der Waals surface area (Å²) in [6, 6.07) is 14.2. The van der Waals surface area contributed by atoms with Crippen molar-refractivity contribution in [3.63, 3.8) is 0 Å². The summed E-state index contributed by atoms with van der Waals surface area (Å²) in [6.45, 7) is -0.799. The van der Waals surface area contributed by atoms with Crippen molar-refractivity contribution in [2.75, 3.05) is 19.8 Å². The van der Waals surface area contributed by atoms with Gasteiger partial charge in [-0.15, -0.1) is 0 Å². The summed E-state index contributed by atoms with van der Waals surface area (Å²) in [4.78, 5) is 36.2. The zero-order chi connectivity index (χ0) is 25.0. The van der Waals surface area contributed by atoms with Crippen LogP contribution >= 0.6 is 0 Å². The number of rotatable bonds is 8. The van der Waals surface area contributed by atoms with Crippen LogP contribution in [0.15, 0.2) is 48.5 Å². The molecule has 0 bridgehead atoms. The van der Waals surface area contributed by atoms with Crippen molar-refractivity contribution in [1.82, 2.24) is 10.6 Å². The summed E-state index contributed by atoms with van der Waals surface area (Å²) in [5.74, 6) is -5.14. The maximum Gasteiger partial charge on any atom is 0.407 e. The average molecular weight is 488 g/mol. The Morgan fingerprint density at radius 2 is 1.71 bits per heavy atom. The fourth-order valence-electron chi connectivity index (χ4n) is 4.43. The van der Waals surface area contributed by atoms with Crippen LogP contribution in [0.4, 0.5) is 13.6 Å². The van der Waals surface area contributed by atoms with E-state index in [1.165, 1.54) is 0 Å². The Balaban J connectivity index is 1.33. The number of amides is 2. The number of alkyl carbamates (subject to hydrolysis) is 1. The second-order valence-electron chi connectivity index (χ2n) is 8.69. The molecule has 2 unspecified atom stereocenters. The number of carbonyl (C=O) groups excluding carboxylic acids is 2. The van der Waals surface area contributed by atoms with Crippen LogP contribution in [0.1, 0.15) is 36.3 Å². The lowest BCUT2D eigenvalue weighted by atomic mass is 9.98. The molecule has 3 N–H and O–H groups in total. The highest BCUT2D eigenvalue weighted by Gasteiger charge is 2.36. The number of alkyl halides is 2. The van der Waals surface area contributed by atoms with E-state index in [9.17, 15) is 23.2 Å². The number of aliphatic carboxylic acids is 1. The number of fused-ring (bicyclic) bond motifs is 3. The number of halogens is 2. The van der Waals surface area contributed by atoms with E-state index >= 15 is 0 Å². The van der Waals surface area contributed by atoms with Gasteiger partial charge in [0.1, 0.15) is 19.3 Å². The van der Waals surface area contributed by atoms with Gasteiger partial charge >= 0.3 is 12.1 Å². The number of nitrogens with one attached hydrogen (secondary N) is 2. The topological polar surface area (TPSA) is 114 Å². The molecule has 8 nitrogen and oxygen atoms in total. The van der Waals surface area contributed by atoms with Gasteiger partial charge in [0.25, 0.3) is 5.92 Å². The Labute approximate surface area is 200 Å². The summed E-state index contributed by atoms with van der Waals surface area (Å²) in [7, 11) is 0. The molecule has 186 valence electrons. The van der Waals surface area contributed by atoms with E-state index in [-0.39, 0.29) is 31.9 Å². The molecule has 0 spiro atoms. The van der Waals surface area contributed by atoms with Gasteiger partial charge in [-0.1, -0.05) is 48.5 Å². The van der Waals surface area contributed by atoms with E-state index in [1.54, 1.807) is 0 Å². The fraction of sp³-hybridized carbons (Fsp3) is 0.400. The van der Waals surface area contributed by atoms with E-state index in [1.807, 2.05) is 48.5 Å². The molecule has 2 aromatic carbocycles. The molecule has 1 aliphatic carbocycles. The molecule has 35 heavy (non-hydrogen) atoms. The first-order valence-electron chi connectivity index (χ1n) is 11.3. The number of carboxylic acids is 1. The van der Waals surface area contributed by atoms with E-state index < -0.39 is 49.1 Å². The summed E-state index contributed by atoms with van der Waals surface area (Å²) in [6.07, 6.45) is -2.51. The molecule has 0 radical (unpaired) electrons. The molecule has 0 saturated carbocycles. The van der Waals surface area contributed by atoms with Crippen molar-refractivity contribution in [3.8, 4) is 11.1 Å². The van der Waals surface area contributed by atoms with Gasteiger partial charge in [0.05, 0.1) is 12.5 Å². The molecular weight excluding hydrogens is 462 g/mol. The summed E-state index contributed by atoms with van der Waals surface area (Å²) < 4.78 is 36.8. The van der Waals surface area contributed by atoms with Gasteiger partial charge in [-0.2, -0.15) is 0 Å². The average Bonchev–Trinajstić information content (AvgIpc) is 3.15. The van der Waals surface area contributed by atoms with E-state index in [2.05, 4.69) is 10.6 Å². The lowest BCUT2D eigenvalue weighted by molar-refractivity contribution is -0.145. The first-order valence-corrected chi connectivity index (χ1v) is 11.3. The van der Waals surface area contributed by atoms with Crippen molar-refractivity contribution in [3.05, 3.63) is 59.7 Å². The molecule has 4 rings (SSSR count). The van der Waals surface area contributed by atoms with E-state index in [0.29, 0.717) is 0 Å². The molecule has 0 aromatic heterocycles. The Bertz CT molecular complexity index is 1050. The van der Waals surface area contributed by atoms with Crippen LogP contribution in [0.25, 0.3) is 11.1 Å². The van der Waals surface area contributed by atoms with Gasteiger partial charge < -0.3 is 25.2 Å². The van der Waals surface area contributed by atoms with Crippen molar-refractivity contribution in [1.29, 1.82) is 0 Å². The Morgan fingerprint density at radius 3 is 2.29 bits per heavy atom. The quantitative estimate of drug-likeness (QED) is 0.526. The van der Waals surface area contributed by atoms with Crippen LogP contribution in [-0.2, 0) is 19.1 Å². The monoisotopic (exact) mass is 488 g/mol. The van der Waals surface area contributed by atoms with Crippen molar-refractivity contribution in [2.24, 2.45) is 0 Å². The molecule has 1 saturated heterocycles. The second kappa shape index (κ2) is 10.4. The number of ether oxygens (including phenoxy) is 2. The third kappa shape index (κ3) is 5.94. The maximum absolute atomic E-state index is 13.2. The van der Waals surface area contributed by atoms with Crippen LogP contribution in [0, 0.1) is 0 Å². The highest BCUT2D eigenvalue weighted by molar-refractivity contribution is 5.89. The van der Waals surface area contributed by atoms with Gasteiger partial charge in [-0.05, 0) is 28.7 Å². The van der Waals surface area contributed by atoms with Crippen LogP contribution in [0.5, 0.6) is 0 Å². The summed E-state index contributed by atoms with van der Waals surface area (Å²) >= 11 is 0. The summed E-state index contributed by atoms with van der Waals surface area (Å²) in [5, 5.41) is 13.9. The lowest BCUT2D eigenvalue weighted by Crippen LogP contribution is -2.50. The number of carboxylic acid groups (broad SMARTS) is 1. The third-order valence-electron chi connectivity index (χ3n) is 6.20. The minimum atomic E-state index is -2.89. The first kappa shape index (κ1) is 24.6. The van der Waals surface area contributed by atoms with Crippen molar-refractivity contribution in [2.45, 2.75) is 43.2 Å². The normalized spacial score (nSPS) is 19.2. The SMILES string of the molecule is O=C(O)CC(NC(=O)OCC1c2ccccc2-c2ccccc21)C(=O)NCC1CCC(F)(F)CO1. The van der Waals surface area contributed by atoms with Gasteiger partial charge in [-0.25, -0.2) is 13.6 Å². The number of hydrogen-bond donors (Lipinski definition) is 3. The molecule has 1 aliphatic heterocycles. The number of hydrogen-bond acceptors (Lipinski definition) is 5. The third-order valence-corrected chi connectivity index (χ3v) is 6.20. The maximum atomic E-state index is 13.2. The molecular formula is C25H26F2N2O6. The second-order valence-corrected chi connectivity index (χ2v) is 8.69. The molecule has 10 heteroatoms. The fourth-order valence-corrected chi connectivity index (χ4v) is 4.43. The zero-order valence-electron chi connectivity index (χ0n) is 18.8. The van der Waals surface area contributed by atoms with Crippen LogP contribution in [-0.4, -0.2) is 60.9 Å². The first-order chi connectivity index (χ1) is 16.7. The number of benzene rings is 2. The van der Waals surface area contributed by atoms with Gasteiger partial charge in [0.2, 0.25) is 5.91 Å². The Kier molecular flexibility index (Phi) is 7.30. The smallest absolute Gasteiger partial charge is 0.407 e. The predicted molar refractivity (Wildman–Crippen MR) is 121 cm³/mol. The minimum Gasteiger partial charge on any atom is -0.481 e. The zero-order valence-corrected chi connectivity index (χ0v) is 18.8. The van der Waals surface area contributed by atoms with Crippen molar-refractivity contribution >= 4 is 18.0 Å². The van der Waals surface area contributed by atoms with Crippen molar-refractivity contribution < 1.29 is 37.7 Å². The standard InChI is InChI=1S/C25H26F2N2O6/c26-25(27)10-9-15(35-14-25)12-28-23(32)21(11-22(30)31)29-24(33)34-13-20-18-7-3-1-5-16(18)17-6-2-4-8-19(17)20/h1-8,15,20-21H,9-14H2,(H,28,32)(H,29,33)(H,30,31). The van der Waals surface area contributed by atoms with Gasteiger partial charge in [0, 0.05) is 18.9 Å². The largest absolute Gasteiger partial charge is 0.481 e. The molecule has 2 aliphatic rings. The highest BCUT2D eigenvalue weighted by Crippen LogP contribution is 2.44. The van der Waals surface area contributed by atoms with Gasteiger partial charge in [0.15, 0.2) is 0 Å². The van der Waals surface area contributed by atoms with Gasteiger partial charge in [-0.3, -0.25) is 9.59 Å². The van der Waals surface area contributed by atoms with Crippen LogP contribution in [0.3, 0.4) is 0 Å². The molecule has 2 aromatic rings. The van der Waals surface area contributed by atoms with Crippen LogP contribution < -0.4 is 10.6 Å². The minimum absolute atomic E-state index is 0.00535. The summed E-state index contributed by atoms with van der Waals surface area (Å²) in [5.41, 5.74) is 4.14. The van der Waals surface area contributed by atoms with Crippen LogP contribution in [0.2, 0.25) is 0 Å². The predicted octanol–water partition coefficient (Wildman–Crippen LogP) is 3.30. The lowest BCUT2D eigenvalue weighted by Gasteiger charge is -2.29. The van der Waals surface area contributed by atoms with E-state index in [0.717, 1.165) is 22.3 Å². The molecule has 2 amide bonds. The van der Waals surface area contributed by atoms with E-state index in [4.69, 9.17) is 14.6 Å². The Hall–Kier alpha value is -3.53. The number of carbonyl (C=O) groups is 3. The Morgan fingerprint density at radius 1 is 1.09 bits per heavy atom. The molecule has 1 fully saturated rings. The highest BCUT2D eigenvalue weighted by atomic mass is 19.3. The molecule has 2 atom stereocenters.